The van der Waals surface area contributed by atoms with Crippen LogP contribution in [0.15, 0.2) is 30.5 Å². The van der Waals surface area contributed by atoms with E-state index < -0.39 is 11.7 Å². The largest absolute Gasteiger partial charge is 0.419 e. The molecular weight excluding hydrogens is 355 g/mol. The van der Waals surface area contributed by atoms with E-state index in [1.807, 2.05) is 26.0 Å². The molecule has 0 bridgehead atoms. The first-order valence-corrected chi connectivity index (χ1v) is 7.83. The van der Waals surface area contributed by atoms with Crippen LogP contribution in [0.1, 0.15) is 16.7 Å². The van der Waals surface area contributed by atoms with E-state index in [9.17, 15) is 18.0 Å². The van der Waals surface area contributed by atoms with Crippen LogP contribution < -0.4 is 15.2 Å². The average Bonchev–Trinajstić information content (AvgIpc) is 2.50. The first-order valence-electron chi connectivity index (χ1n) is 7.45. The maximum Gasteiger partial charge on any atom is 0.419 e. The molecule has 1 aromatic carbocycles. The predicted molar refractivity (Wildman–Crippen MR) is 90.8 cm³/mol. The summed E-state index contributed by atoms with van der Waals surface area (Å²) in [5.74, 6) is -0.0775. The van der Waals surface area contributed by atoms with Crippen molar-refractivity contribution in [2.45, 2.75) is 20.0 Å². The molecule has 0 atom stereocenters. The Morgan fingerprint density at radius 2 is 2.00 bits per heavy atom. The highest BCUT2D eigenvalue weighted by Crippen LogP contribution is 2.31. The van der Waals surface area contributed by atoms with E-state index in [1.165, 1.54) is 4.90 Å². The number of aromatic amines is 1. The van der Waals surface area contributed by atoms with E-state index in [-0.39, 0.29) is 23.3 Å². The molecule has 2 rings (SSSR count). The zero-order valence-corrected chi connectivity index (χ0v) is 14.7. The zero-order chi connectivity index (χ0) is 18.8. The Morgan fingerprint density at radius 3 is 2.60 bits per heavy atom. The molecule has 0 saturated carbocycles. The van der Waals surface area contributed by atoms with E-state index in [0.717, 1.165) is 23.4 Å². The van der Waals surface area contributed by atoms with Crippen molar-refractivity contribution in [3.05, 3.63) is 52.2 Å². The van der Waals surface area contributed by atoms with Gasteiger partial charge >= 0.3 is 6.18 Å². The van der Waals surface area contributed by atoms with Crippen molar-refractivity contribution in [2.75, 3.05) is 23.8 Å². The lowest BCUT2D eigenvalue weighted by atomic mass is 10.1. The van der Waals surface area contributed by atoms with Gasteiger partial charge in [0.2, 0.25) is 0 Å². The van der Waals surface area contributed by atoms with Crippen molar-refractivity contribution in [3.63, 3.8) is 0 Å². The summed E-state index contributed by atoms with van der Waals surface area (Å²) >= 11 is 5.92. The number of amides is 1. The number of hydrogen-bond acceptors (Lipinski definition) is 2. The second-order valence-electron chi connectivity index (χ2n) is 5.73. The summed E-state index contributed by atoms with van der Waals surface area (Å²) in [6, 6.07) is 6.39. The minimum atomic E-state index is -4.49. The molecule has 1 aromatic heterocycles. The molecule has 0 saturated heterocycles. The normalized spacial score (nSPS) is 11.3. The van der Waals surface area contributed by atoms with Crippen LogP contribution in [0.3, 0.4) is 0 Å². The highest BCUT2D eigenvalue weighted by molar-refractivity contribution is 6.32. The van der Waals surface area contributed by atoms with Gasteiger partial charge in [0, 0.05) is 5.69 Å². The van der Waals surface area contributed by atoms with Crippen molar-refractivity contribution in [3.8, 4) is 0 Å². The highest BCUT2D eigenvalue weighted by Gasteiger charge is 2.33. The Balaban J connectivity index is 2.10. The molecule has 134 valence electrons. The van der Waals surface area contributed by atoms with Gasteiger partial charge in [-0.3, -0.25) is 9.69 Å². The SMILES string of the molecule is Cc1cccc(NC(=O)CN(C)c2[nH+]cc(C(F)(F)F)cc2Cl)c1C. The number of H-pyrrole nitrogens is 1. The standard InChI is InChI=1S/C17H17ClF3N3O/c1-10-5-4-6-14(11(10)2)23-15(25)9-24(3)16-13(18)7-12(8-22-16)17(19,20)21/h4-8H,9H2,1-3H3,(H,23,25)/p+1. The van der Waals surface area contributed by atoms with Crippen LogP contribution in [0.25, 0.3) is 0 Å². The molecule has 0 unspecified atom stereocenters. The van der Waals surface area contributed by atoms with E-state index in [1.54, 1.807) is 13.1 Å². The molecule has 1 amide bonds. The molecule has 0 spiro atoms. The second-order valence-corrected chi connectivity index (χ2v) is 6.14. The van der Waals surface area contributed by atoms with Gasteiger partial charge in [0.1, 0.15) is 11.2 Å². The van der Waals surface area contributed by atoms with Crippen LogP contribution in [0.5, 0.6) is 0 Å². The average molecular weight is 373 g/mol. The number of hydrogen-bond donors (Lipinski definition) is 1. The summed E-state index contributed by atoms with van der Waals surface area (Å²) in [7, 11) is 1.56. The molecule has 2 N–H and O–H groups in total. The van der Waals surface area contributed by atoms with Crippen molar-refractivity contribution in [2.24, 2.45) is 0 Å². The Kier molecular flexibility index (Phi) is 5.57. The molecule has 25 heavy (non-hydrogen) atoms. The zero-order valence-electron chi connectivity index (χ0n) is 14.0. The van der Waals surface area contributed by atoms with E-state index >= 15 is 0 Å². The number of carbonyl (C=O) groups excluding carboxylic acids is 1. The smallest absolute Gasteiger partial charge is 0.322 e. The van der Waals surface area contributed by atoms with Crippen molar-refractivity contribution < 1.29 is 22.9 Å². The lowest BCUT2D eigenvalue weighted by molar-refractivity contribution is -0.367. The molecule has 8 heteroatoms. The number of nitrogens with zero attached hydrogens (tertiary/aromatic N) is 1. The maximum absolute atomic E-state index is 12.7. The Bertz CT molecular complexity index is 793. The van der Waals surface area contributed by atoms with Gasteiger partial charge in [0.05, 0.1) is 12.6 Å². The van der Waals surface area contributed by atoms with Crippen LogP contribution in [-0.2, 0) is 11.0 Å². The Labute approximate surface area is 148 Å². The fourth-order valence-electron chi connectivity index (χ4n) is 2.29. The van der Waals surface area contributed by atoms with Gasteiger partial charge in [-0.2, -0.15) is 13.2 Å². The number of aromatic nitrogens is 1. The Morgan fingerprint density at radius 1 is 1.32 bits per heavy atom. The van der Waals surface area contributed by atoms with Gasteiger partial charge in [-0.1, -0.05) is 23.7 Å². The number of carbonyl (C=O) groups is 1. The number of aryl methyl sites for hydroxylation is 1. The molecule has 0 aliphatic heterocycles. The fourth-order valence-corrected chi connectivity index (χ4v) is 2.60. The van der Waals surface area contributed by atoms with Crippen molar-refractivity contribution >= 4 is 29.0 Å². The first kappa shape index (κ1) is 19.1. The van der Waals surface area contributed by atoms with Gasteiger partial charge < -0.3 is 5.32 Å². The number of anilines is 2. The van der Waals surface area contributed by atoms with Gasteiger partial charge in [0.15, 0.2) is 6.54 Å². The summed E-state index contributed by atoms with van der Waals surface area (Å²) < 4.78 is 38.0. The van der Waals surface area contributed by atoms with E-state index in [4.69, 9.17) is 11.6 Å². The molecule has 0 radical (unpaired) electrons. The fraction of sp³-hybridized carbons (Fsp3) is 0.294. The number of pyridine rings is 1. The number of benzene rings is 1. The quantitative estimate of drug-likeness (QED) is 0.885. The van der Waals surface area contributed by atoms with Crippen LogP contribution in [0.2, 0.25) is 5.02 Å². The number of rotatable bonds is 4. The van der Waals surface area contributed by atoms with Crippen LogP contribution >= 0.6 is 11.6 Å². The van der Waals surface area contributed by atoms with Crippen LogP contribution in [0, 0.1) is 13.8 Å². The summed E-state index contributed by atoms with van der Waals surface area (Å²) in [6.07, 6.45) is -3.67. The number of nitrogens with one attached hydrogen (secondary N) is 2. The molecule has 0 aliphatic carbocycles. The minimum Gasteiger partial charge on any atom is -0.322 e. The highest BCUT2D eigenvalue weighted by atomic mass is 35.5. The second kappa shape index (κ2) is 7.31. The summed E-state index contributed by atoms with van der Waals surface area (Å²) in [4.78, 5) is 16.2. The summed E-state index contributed by atoms with van der Waals surface area (Å²) in [5, 5.41) is 2.68. The number of alkyl halides is 3. The van der Waals surface area contributed by atoms with Crippen LogP contribution in [0.4, 0.5) is 24.7 Å². The monoisotopic (exact) mass is 372 g/mol. The lowest BCUT2D eigenvalue weighted by Gasteiger charge is -2.15. The van der Waals surface area contributed by atoms with E-state index in [0.29, 0.717) is 5.69 Å². The topological polar surface area (TPSA) is 46.5 Å². The van der Waals surface area contributed by atoms with Gasteiger partial charge in [-0.25, -0.2) is 4.98 Å². The van der Waals surface area contributed by atoms with Crippen molar-refractivity contribution in [1.29, 1.82) is 0 Å². The molecule has 0 fully saturated rings. The van der Waals surface area contributed by atoms with Gasteiger partial charge in [-0.05, 0) is 37.1 Å². The van der Waals surface area contributed by atoms with E-state index in [2.05, 4.69) is 10.3 Å². The van der Waals surface area contributed by atoms with Gasteiger partial charge in [-0.15, -0.1) is 0 Å². The molecular formula is C17H18ClF3N3O+. The summed E-state index contributed by atoms with van der Waals surface area (Å²) in [5.41, 5.74) is 1.82. The van der Waals surface area contributed by atoms with Crippen LogP contribution in [-0.4, -0.2) is 19.5 Å². The Hall–Kier alpha value is -2.28. The molecule has 2 aromatic rings. The minimum absolute atomic E-state index is 0.0744. The third-order valence-corrected chi connectivity index (χ3v) is 4.13. The maximum atomic E-state index is 12.7. The third kappa shape index (κ3) is 4.63. The molecule has 1 heterocycles. The molecule has 4 nitrogen and oxygen atoms in total. The summed E-state index contributed by atoms with van der Waals surface area (Å²) in [6.45, 7) is 3.76. The molecule has 0 aliphatic rings. The lowest BCUT2D eigenvalue weighted by Crippen LogP contribution is -2.34. The first-order chi connectivity index (χ1) is 11.6. The number of likely N-dealkylation sites (N-methyl/N-ethyl adjacent to an activating group) is 1. The predicted octanol–water partition coefficient (Wildman–Crippen LogP) is 3.86. The number of halogens is 4. The van der Waals surface area contributed by atoms with Crippen molar-refractivity contribution in [1.82, 2.24) is 0 Å². The third-order valence-electron chi connectivity index (χ3n) is 3.84. The van der Waals surface area contributed by atoms with Gasteiger partial charge in [0.25, 0.3) is 11.7 Å².